The Morgan fingerprint density at radius 1 is 1.00 bits per heavy atom. The Balaban J connectivity index is 0.000000300. The van der Waals surface area contributed by atoms with Gasteiger partial charge in [0.25, 0.3) is 12.4 Å². The standard InChI is InChI=1S/C24H25BrClN5O.C8H8O2/c1-30-8-10-31(11-9-30)7-6-27-24(32)22-18-4-2-16(25)14-20(18)29-23(22)21-13-15-12-17(26)3-5-19(15)28-21;9-7-10-6-8-4-2-1-3-5-8/h2-5,12-14,28-29H,6-11H2,1H3,(H,27,32);1-5,7H,6H2. The molecule has 0 aliphatic carbocycles. The van der Waals surface area contributed by atoms with E-state index in [0.717, 1.165) is 76.0 Å². The van der Waals surface area contributed by atoms with Gasteiger partial charge in [0.15, 0.2) is 0 Å². The molecule has 42 heavy (non-hydrogen) atoms. The first-order valence-electron chi connectivity index (χ1n) is 13.8. The fraction of sp³-hybridized carbons (Fsp3) is 0.250. The van der Waals surface area contributed by atoms with Crippen LogP contribution in [0.3, 0.4) is 0 Å². The van der Waals surface area contributed by atoms with Gasteiger partial charge in [-0.05, 0) is 49.0 Å². The lowest BCUT2D eigenvalue weighted by molar-refractivity contribution is -0.129. The number of aromatic nitrogens is 2. The number of amides is 1. The summed E-state index contributed by atoms with van der Waals surface area (Å²) in [6.07, 6.45) is 0. The molecule has 3 aromatic carbocycles. The van der Waals surface area contributed by atoms with Gasteiger partial charge < -0.3 is 24.9 Å². The second kappa shape index (κ2) is 14.0. The fourth-order valence-electron chi connectivity index (χ4n) is 5.04. The molecule has 0 unspecified atom stereocenters. The van der Waals surface area contributed by atoms with E-state index in [9.17, 15) is 9.59 Å². The van der Waals surface area contributed by atoms with E-state index in [4.69, 9.17) is 11.6 Å². The topological polar surface area (TPSA) is 93.5 Å². The molecule has 1 aliphatic rings. The number of halogens is 2. The number of nitrogens with zero attached hydrogens (tertiary/aromatic N) is 2. The summed E-state index contributed by atoms with van der Waals surface area (Å²) in [7, 11) is 2.15. The molecule has 6 rings (SSSR count). The minimum Gasteiger partial charge on any atom is -0.463 e. The van der Waals surface area contributed by atoms with E-state index in [1.807, 2.05) is 72.8 Å². The number of H-pyrrole nitrogens is 2. The smallest absolute Gasteiger partial charge is 0.293 e. The van der Waals surface area contributed by atoms with E-state index in [2.05, 4.69) is 52.8 Å². The number of hydrogen-bond donors (Lipinski definition) is 3. The number of piperazine rings is 1. The molecule has 3 N–H and O–H groups in total. The first kappa shape index (κ1) is 29.8. The highest BCUT2D eigenvalue weighted by atomic mass is 79.9. The van der Waals surface area contributed by atoms with E-state index in [-0.39, 0.29) is 5.91 Å². The molecule has 218 valence electrons. The number of hydrogen-bond acceptors (Lipinski definition) is 5. The number of carbonyl (C=O) groups is 2. The van der Waals surface area contributed by atoms with Crippen LogP contribution in [-0.4, -0.2) is 78.5 Å². The predicted molar refractivity (Wildman–Crippen MR) is 172 cm³/mol. The summed E-state index contributed by atoms with van der Waals surface area (Å²) in [6.45, 7) is 6.50. The zero-order chi connectivity index (χ0) is 29.5. The Morgan fingerprint density at radius 3 is 2.55 bits per heavy atom. The summed E-state index contributed by atoms with van der Waals surface area (Å²) in [4.78, 5) is 34.7. The molecule has 1 saturated heterocycles. The number of likely N-dealkylation sites (N-methyl/N-ethyl adjacent to an activating group) is 1. The Hall–Kier alpha value is -3.63. The highest BCUT2D eigenvalue weighted by molar-refractivity contribution is 9.10. The van der Waals surface area contributed by atoms with Gasteiger partial charge in [0.2, 0.25) is 0 Å². The van der Waals surface area contributed by atoms with Crippen LogP contribution >= 0.6 is 27.5 Å². The van der Waals surface area contributed by atoms with Gasteiger partial charge in [-0.25, -0.2) is 0 Å². The molecular weight excluding hydrogens is 618 g/mol. The summed E-state index contributed by atoms with van der Waals surface area (Å²) >= 11 is 9.70. The average molecular weight is 651 g/mol. The lowest BCUT2D eigenvalue weighted by Crippen LogP contribution is -2.46. The van der Waals surface area contributed by atoms with Gasteiger partial charge in [0.05, 0.1) is 17.0 Å². The molecule has 1 fully saturated rings. The van der Waals surface area contributed by atoms with Crippen molar-refractivity contribution in [3.63, 3.8) is 0 Å². The van der Waals surface area contributed by atoms with Crippen molar-refractivity contribution in [2.24, 2.45) is 0 Å². The maximum atomic E-state index is 13.4. The predicted octanol–water partition coefficient (Wildman–Crippen LogP) is 6.07. The van der Waals surface area contributed by atoms with Gasteiger partial charge in [0, 0.05) is 70.6 Å². The molecular formula is C32H33BrClN5O3. The van der Waals surface area contributed by atoms with Gasteiger partial charge in [-0.15, -0.1) is 0 Å². The fourth-order valence-corrected chi connectivity index (χ4v) is 5.58. The first-order chi connectivity index (χ1) is 20.4. The van der Waals surface area contributed by atoms with Gasteiger partial charge in [0.1, 0.15) is 6.61 Å². The van der Waals surface area contributed by atoms with Crippen LogP contribution in [0, 0.1) is 0 Å². The number of carbonyl (C=O) groups excluding carboxylic acids is 2. The highest BCUT2D eigenvalue weighted by Gasteiger charge is 2.22. The SMILES string of the molecule is CN1CCN(CCNC(=O)c2c(-c3cc4cc(Cl)ccc4[nH]3)[nH]c3cc(Br)ccc23)CC1.O=COCc1ccccc1. The third-order valence-electron chi connectivity index (χ3n) is 7.31. The third-order valence-corrected chi connectivity index (χ3v) is 8.04. The lowest BCUT2D eigenvalue weighted by Gasteiger charge is -2.32. The van der Waals surface area contributed by atoms with E-state index >= 15 is 0 Å². The second-order valence-electron chi connectivity index (χ2n) is 10.3. The quantitative estimate of drug-likeness (QED) is 0.177. The van der Waals surface area contributed by atoms with Gasteiger partial charge in [-0.3, -0.25) is 14.5 Å². The molecule has 2 aromatic heterocycles. The van der Waals surface area contributed by atoms with Crippen molar-refractivity contribution in [3.8, 4) is 11.4 Å². The largest absolute Gasteiger partial charge is 0.463 e. The molecule has 0 spiro atoms. The van der Waals surface area contributed by atoms with Crippen LogP contribution in [0.2, 0.25) is 5.02 Å². The zero-order valence-corrected chi connectivity index (χ0v) is 25.7. The van der Waals surface area contributed by atoms with Crippen LogP contribution < -0.4 is 5.32 Å². The Bertz CT molecular complexity index is 1660. The van der Waals surface area contributed by atoms with Crippen molar-refractivity contribution in [3.05, 3.63) is 93.4 Å². The zero-order valence-electron chi connectivity index (χ0n) is 23.3. The Kier molecular flexibility index (Phi) is 9.97. The van der Waals surface area contributed by atoms with Crippen LogP contribution in [0.5, 0.6) is 0 Å². The summed E-state index contributed by atoms with van der Waals surface area (Å²) in [6, 6.07) is 23.3. The normalized spacial score (nSPS) is 14.0. The summed E-state index contributed by atoms with van der Waals surface area (Å²) in [5.41, 5.74) is 5.19. The minimum atomic E-state index is -0.0700. The molecule has 1 aliphatic heterocycles. The van der Waals surface area contributed by atoms with Crippen molar-refractivity contribution in [2.45, 2.75) is 6.61 Å². The number of nitrogens with one attached hydrogen (secondary N) is 3. The van der Waals surface area contributed by atoms with Crippen LogP contribution in [0.25, 0.3) is 33.2 Å². The number of fused-ring (bicyclic) bond motifs is 2. The van der Waals surface area contributed by atoms with Gasteiger partial charge in [-0.2, -0.15) is 0 Å². The molecule has 0 radical (unpaired) electrons. The van der Waals surface area contributed by atoms with Crippen LogP contribution in [-0.2, 0) is 16.1 Å². The average Bonchev–Trinajstić information content (AvgIpc) is 3.59. The molecule has 0 saturated carbocycles. The molecule has 0 atom stereocenters. The number of ether oxygens (including phenoxy) is 1. The van der Waals surface area contributed by atoms with Crippen LogP contribution in [0.4, 0.5) is 0 Å². The van der Waals surface area contributed by atoms with Crippen LogP contribution in [0.15, 0.2) is 77.3 Å². The van der Waals surface area contributed by atoms with E-state index in [1.54, 1.807) is 0 Å². The van der Waals surface area contributed by atoms with E-state index in [0.29, 0.717) is 30.2 Å². The molecule has 10 heteroatoms. The molecule has 8 nitrogen and oxygen atoms in total. The van der Waals surface area contributed by atoms with Gasteiger partial charge >= 0.3 is 0 Å². The minimum absolute atomic E-state index is 0.0700. The maximum absolute atomic E-state index is 13.4. The van der Waals surface area contributed by atoms with Crippen molar-refractivity contribution >= 4 is 61.7 Å². The van der Waals surface area contributed by atoms with Crippen molar-refractivity contribution < 1.29 is 14.3 Å². The third kappa shape index (κ3) is 7.41. The molecule has 5 aromatic rings. The molecule has 1 amide bonds. The van der Waals surface area contributed by atoms with Crippen molar-refractivity contribution in [2.75, 3.05) is 46.3 Å². The number of aromatic amines is 2. The summed E-state index contributed by atoms with van der Waals surface area (Å²) in [5.74, 6) is -0.0700. The summed E-state index contributed by atoms with van der Waals surface area (Å²) in [5, 5.41) is 5.74. The molecule has 0 bridgehead atoms. The van der Waals surface area contributed by atoms with Crippen molar-refractivity contribution in [1.29, 1.82) is 0 Å². The second-order valence-corrected chi connectivity index (χ2v) is 11.6. The van der Waals surface area contributed by atoms with E-state index < -0.39 is 0 Å². The maximum Gasteiger partial charge on any atom is 0.293 e. The first-order valence-corrected chi connectivity index (χ1v) is 15.0. The molecule has 3 heterocycles. The highest BCUT2D eigenvalue weighted by Crippen LogP contribution is 2.33. The van der Waals surface area contributed by atoms with Crippen LogP contribution in [0.1, 0.15) is 15.9 Å². The monoisotopic (exact) mass is 649 g/mol. The summed E-state index contributed by atoms with van der Waals surface area (Å²) < 4.78 is 5.50. The number of benzene rings is 3. The number of rotatable bonds is 8. The van der Waals surface area contributed by atoms with E-state index in [1.165, 1.54) is 0 Å². The Morgan fingerprint density at radius 2 is 1.79 bits per heavy atom. The van der Waals surface area contributed by atoms with Crippen molar-refractivity contribution in [1.82, 2.24) is 25.1 Å². The van der Waals surface area contributed by atoms with Gasteiger partial charge in [-0.1, -0.05) is 63.9 Å². The lowest BCUT2D eigenvalue weighted by atomic mass is 10.1. The Labute approximate surface area is 258 Å².